The molecule has 3 heterocycles. The van der Waals surface area contributed by atoms with Crippen LogP contribution in [0.15, 0.2) is 36.5 Å². The second-order valence-corrected chi connectivity index (χ2v) is 6.33. The fourth-order valence-corrected chi connectivity index (χ4v) is 3.33. The van der Waals surface area contributed by atoms with Crippen LogP contribution in [0.2, 0.25) is 0 Å². The number of benzene rings is 1. The van der Waals surface area contributed by atoms with E-state index in [-0.39, 0.29) is 6.10 Å². The molecule has 1 aromatic carbocycles. The summed E-state index contributed by atoms with van der Waals surface area (Å²) in [6.07, 6.45) is 3.40. The third kappa shape index (κ3) is 3.14. The third-order valence-corrected chi connectivity index (χ3v) is 4.58. The Balaban J connectivity index is 1.57. The topological polar surface area (TPSA) is 61.7 Å². The maximum absolute atomic E-state index is 9.89. The molecular weight excluding hydrogens is 304 g/mol. The van der Waals surface area contributed by atoms with Crippen molar-refractivity contribution in [1.29, 1.82) is 0 Å². The Hall–Kier alpha value is -2.34. The zero-order valence-corrected chi connectivity index (χ0v) is 13.6. The highest BCUT2D eigenvalue weighted by atomic mass is 16.5. The first-order valence-corrected chi connectivity index (χ1v) is 8.51. The van der Waals surface area contributed by atoms with Crippen molar-refractivity contribution in [2.45, 2.75) is 25.5 Å². The summed E-state index contributed by atoms with van der Waals surface area (Å²) in [5.41, 5.74) is 1.15. The number of piperidine rings is 1. The molecular formula is C18H22N4O2. The van der Waals surface area contributed by atoms with Crippen LogP contribution >= 0.6 is 0 Å². The highest BCUT2D eigenvalue weighted by Crippen LogP contribution is 2.25. The van der Waals surface area contributed by atoms with E-state index in [2.05, 4.69) is 20.9 Å². The SMILES string of the molecule is O[C@@H]1CCCN(c2ccnc(N3CCOc4ccccc4C3)n2)C1. The fraction of sp³-hybridized carbons (Fsp3) is 0.444. The first kappa shape index (κ1) is 15.2. The van der Waals surface area contributed by atoms with Gasteiger partial charge >= 0.3 is 0 Å². The summed E-state index contributed by atoms with van der Waals surface area (Å²) >= 11 is 0. The number of nitrogens with zero attached hydrogens (tertiary/aromatic N) is 4. The number of hydrogen-bond donors (Lipinski definition) is 1. The smallest absolute Gasteiger partial charge is 0.227 e. The van der Waals surface area contributed by atoms with E-state index in [9.17, 15) is 5.11 Å². The lowest BCUT2D eigenvalue weighted by atomic mass is 10.1. The Labute approximate surface area is 141 Å². The Morgan fingerprint density at radius 2 is 2.04 bits per heavy atom. The van der Waals surface area contributed by atoms with Gasteiger partial charge in [0.2, 0.25) is 5.95 Å². The molecule has 0 aliphatic carbocycles. The summed E-state index contributed by atoms with van der Waals surface area (Å²) < 4.78 is 5.82. The molecule has 1 fully saturated rings. The summed E-state index contributed by atoms with van der Waals surface area (Å²) in [5, 5.41) is 9.89. The maximum Gasteiger partial charge on any atom is 0.227 e. The van der Waals surface area contributed by atoms with Gasteiger partial charge in [-0.05, 0) is 25.0 Å². The first-order chi connectivity index (χ1) is 11.8. The van der Waals surface area contributed by atoms with Gasteiger partial charge in [-0.3, -0.25) is 0 Å². The number of rotatable bonds is 2. The second kappa shape index (κ2) is 6.65. The van der Waals surface area contributed by atoms with Crippen molar-refractivity contribution in [3.8, 4) is 5.75 Å². The molecule has 6 heteroatoms. The number of ether oxygens (including phenoxy) is 1. The quantitative estimate of drug-likeness (QED) is 0.909. The van der Waals surface area contributed by atoms with Gasteiger partial charge in [0.1, 0.15) is 18.2 Å². The Morgan fingerprint density at radius 1 is 1.12 bits per heavy atom. The van der Waals surface area contributed by atoms with E-state index in [0.717, 1.165) is 49.6 Å². The number of aliphatic hydroxyl groups is 1. The van der Waals surface area contributed by atoms with Crippen LogP contribution in [-0.2, 0) is 6.54 Å². The predicted octanol–water partition coefficient (Wildman–Crippen LogP) is 1.84. The Morgan fingerprint density at radius 3 is 2.96 bits per heavy atom. The van der Waals surface area contributed by atoms with Gasteiger partial charge in [-0.2, -0.15) is 4.98 Å². The molecule has 0 radical (unpaired) electrons. The van der Waals surface area contributed by atoms with Crippen molar-refractivity contribution < 1.29 is 9.84 Å². The maximum atomic E-state index is 9.89. The predicted molar refractivity (Wildman–Crippen MR) is 92.5 cm³/mol. The Bertz CT molecular complexity index is 709. The average molecular weight is 326 g/mol. The van der Waals surface area contributed by atoms with E-state index in [4.69, 9.17) is 9.72 Å². The standard InChI is InChI=1S/C18H22N4O2/c23-15-5-3-9-21(13-15)17-7-8-19-18(20-17)22-10-11-24-16-6-2-1-4-14(16)12-22/h1-2,4,6-8,15,23H,3,5,9-13H2/t15-/m1/s1. The third-order valence-electron chi connectivity index (χ3n) is 4.58. The van der Waals surface area contributed by atoms with Crippen molar-refractivity contribution in [3.05, 3.63) is 42.1 Å². The van der Waals surface area contributed by atoms with E-state index in [1.165, 1.54) is 0 Å². The van der Waals surface area contributed by atoms with E-state index in [1.54, 1.807) is 6.20 Å². The van der Waals surface area contributed by atoms with Gasteiger partial charge in [0.15, 0.2) is 0 Å². The molecule has 0 unspecified atom stereocenters. The molecule has 2 aliphatic heterocycles. The minimum Gasteiger partial charge on any atom is -0.491 e. The van der Waals surface area contributed by atoms with Crippen LogP contribution < -0.4 is 14.5 Å². The second-order valence-electron chi connectivity index (χ2n) is 6.33. The molecule has 0 spiro atoms. The van der Waals surface area contributed by atoms with E-state index < -0.39 is 0 Å². The number of fused-ring (bicyclic) bond motifs is 1. The number of aromatic nitrogens is 2. The summed E-state index contributed by atoms with van der Waals surface area (Å²) in [6, 6.07) is 10.0. The summed E-state index contributed by atoms with van der Waals surface area (Å²) in [4.78, 5) is 13.5. The van der Waals surface area contributed by atoms with Crippen LogP contribution in [0.25, 0.3) is 0 Å². The van der Waals surface area contributed by atoms with Crippen LogP contribution in [0.4, 0.5) is 11.8 Å². The lowest BCUT2D eigenvalue weighted by Crippen LogP contribution is -2.39. The molecule has 0 bridgehead atoms. The van der Waals surface area contributed by atoms with Gasteiger partial charge in [0, 0.05) is 31.4 Å². The Kier molecular flexibility index (Phi) is 4.21. The van der Waals surface area contributed by atoms with Crippen molar-refractivity contribution in [2.75, 3.05) is 36.0 Å². The van der Waals surface area contributed by atoms with Gasteiger partial charge in [0.05, 0.1) is 12.6 Å². The van der Waals surface area contributed by atoms with Crippen LogP contribution in [0.1, 0.15) is 18.4 Å². The van der Waals surface area contributed by atoms with Crippen LogP contribution in [0, 0.1) is 0 Å². The number of hydrogen-bond acceptors (Lipinski definition) is 6. The molecule has 1 atom stereocenters. The average Bonchev–Trinajstić information content (AvgIpc) is 2.84. The molecule has 126 valence electrons. The molecule has 1 aromatic heterocycles. The van der Waals surface area contributed by atoms with Gasteiger partial charge in [-0.25, -0.2) is 4.98 Å². The largest absolute Gasteiger partial charge is 0.491 e. The first-order valence-electron chi connectivity index (χ1n) is 8.51. The number of aliphatic hydroxyl groups excluding tert-OH is 1. The lowest BCUT2D eigenvalue weighted by Gasteiger charge is -2.31. The van der Waals surface area contributed by atoms with Crippen LogP contribution in [0.3, 0.4) is 0 Å². The van der Waals surface area contributed by atoms with Gasteiger partial charge < -0.3 is 19.6 Å². The highest BCUT2D eigenvalue weighted by molar-refractivity contribution is 5.46. The molecule has 0 saturated carbocycles. The highest BCUT2D eigenvalue weighted by Gasteiger charge is 2.21. The molecule has 4 rings (SSSR count). The van der Waals surface area contributed by atoms with E-state index in [0.29, 0.717) is 19.1 Å². The van der Waals surface area contributed by atoms with Crippen molar-refractivity contribution in [2.24, 2.45) is 0 Å². The zero-order chi connectivity index (χ0) is 16.4. The zero-order valence-electron chi connectivity index (χ0n) is 13.6. The molecule has 24 heavy (non-hydrogen) atoms. The monoisotopic (exact) mass is 326 g/mol. The number of β-amino-alcohol motifs (C(OH)–C–C–N with tert-alkyl or cyclic N) is 1. The normalized spacial score (nSPS) is 21.0. The summed E-state index contributed by atoms with van der Waals surface area (Å²) in [6.45, 7) is 3.68. The molecule has 1 N–H and O–H groups in total. The van der Waals surface area contributed by atoms with Crippen molar-refractivity contribution in [3.63, 3.8) is 0 Å². The van der Waals surface area contributed by atoms with Crippen LogP contribution in [-0.4, -0.2) is 47.4 Å². The minimum atomic E-state index is -0.268. The number of para-hydroxylation sites is 1. The molecule has 2 aromatic rings. The molecule has 0 amide bonds. The molecule has 6 nitrogen and oxygen atoms in total. The van der Waals surface area contributed by atoms with Crippen molar-refractivity contribution >= 4 is 11.8 Å². The summed E-state index contributed by atoms with van der Waals surface area (Å²) in [7, 11) is 0. The summed E-state index contributed by atoms with van der Waals surface area (Å²) in [5.74, 6) is 2.54. The lowest BCUT2D eigenvalue weighted by molar-refractivity contribution is 0.154. The van der Waals surface area contributed by atoms with Gasteiger partial charge in [0.25, 0.3) is 0 Å². The van der Waals surface area contributed by atoms with Gasteiger partial charge in [-0.15, -0.1) is 0 Å². The molecule has 1 saturated heterocycles. The van der Waals surface area contributed by atoms with E-state index in [1.807, 2.05) is 24.3 Å². The van der Waals surface area contributed by atoms with Crippen molar-refractivity contribution in [1.82, 2.24) is 9.97 Å². The van der Waals surface area contributed by atoms with E-state index >= 15 is 0 Å². The number of anilines is 2. The minimum absolute atomic E-state index is 0.268. The fourth-order valence-electron chi connectivity index (χ4n) is 3.33. The van der Waals surface area contributed by atoms with Crippen LogP contribution in [0.5, 0.6) is 5.75 Å². The molecule has 2 aliphatic rings. The van der Waals surface area contributed by atoms with Gasteiger partial charge in [-0.1, -0.05) is 18.2 Å².